The Hall–Kier alpha value is -2.06. The molecular weight excluding hydrogens is 354 g/mol. The number of carbonyl (C=O) groups is 2. The molecular formula is C19H28F2N4O2. The van der Waals surface area contributed by atoms with E-state index in [1.807, 2.05) is 13.8 Å². The molecule has 1 aliphatic rings. The van der Waals surface area contributed by atoms with Gasteiger partial charge in [0.05, 0.1) is 12.6 Å². The van der Waals surface area contributed by atoms with Gasteiger partial charge in [-0.25, -0.2) is 8.78 Å². The number of nitrogens with zero attached hydrogens (tertiary/aromatic N) is 1. The summed E-state index contributed by atoms with van der Waals surface area (Å²) in [5.74, 6) is -2.25. The summed E-state index contributed by atoms with van der Waals surface area (Å²) in [5.41, 5.74) is 6.46. The number of hydrogen-bond acceptors (Lipinski definition) is 4. The molecule has 6 nitrogen and oxygen atoms in total. The second-order valence-corrected chi connectivity index (χ2v) is 7.35. The minimum absolute atomic E-state index is 0.00645. The van der Waals surface area contributed by atoms with Gasteiger partial charge in [0, 0.05) is 25.7 Å². The third kappa shape index (κ3) is 6.55. The third-order valence-corrected chi connectivity index (χ3v) is 4.79. The fourth-order valence-corrected chi connectivity index (χ4v) is 3.00. The predicted molar refractivity (Wildman–Crippen MR) is 98.6 cm³/mol. The molecule has 1 aliphatic heterocycles. The molecule has 2 amide bonds. The Balaban J connectivity index is 1.70. The summed E-state index contributed by atoms with van der Waals surface area (Å²) in [6.45, 7) is 5.63. The predicted octanol–water partition coefficient (Wildman–Crippen LogP) is 1.14. The molecule has 0 bridgehead atoms. The van der Waals surface area contributed by atoms with Crippen molar-refractivity contribution in [1.29, 1.82) is 0 Å². The Bertz CT molecular complexity index is 661. The molecule has 150 valence electrons. The van der Waals surface area contributed by atoms with Gasteiger partial charge < -0.3 is 16.4 Å². The zero-order chi connectivity index (χ0) is 20.0. The summed E-state index contributed by atoms with van der Waals surface area (Å²) in [6.07, 6.45) is 1.52. The quantitative estimate of drug-likeness (QED) is 0.660. The normalized spacial score (nSPS) is 17.0. The molecule has 8 heteroatoms. The Morgan fingerprint density at radius 2 is 1.89 bits per heavy atom. The number of halogens is 2. The SMILES string of the molecule is CC(C)[C@H](N)C(=O)NCC(=O)NC1CCN(Cc2ccc(F)c(F)c2)CC1. The summed E-state index contributed by atoms with van der Waals surface area (Å²) < 4.78 is 26.3. The van der Waals surface area contributed by atoms with Crippen LogP contribution in [0.2, 0.25) is 0 Å². The number of carbonyl (C=O) groups excluding carboxylic acids is 2. The van der Waals surface area contributed by atoms with Crippen molar-refractivity contribution in [3.8, 4) is 0 Å². The lowest BCUT2D eigenvalue weighted by Gasteiger charge is -2.32. The highest BCUT2D eigenvalue weighted by molar-refractivity contribution is 5.87. The monoisotopic (exact) mass is 382 g/mol. The van der Waals surface area contributed by atoms with Crippen molar-refractivity contribution in [3.05, 3.63) is 35.4 Å². The van der Waals surface area contributed by atoms with Crippen LogP contribution in [-0.2, 0) is 16.1 Å². The first-order chi connectivity index (χ1) is 12.8. The molecule has 27 heavy (non-hydrogen) atoms. The number of piperidine rings is 1. The molecule has 1 fully saturated rings. The van der Waals surface area contributed by atoms with Crippen LogP contribution in [-0.4, -0.2) is 48.4 Å². The maximum absolute atomic E-state index is 13.3. The minimum Gasteiger partial charge on any atom is -0.352 e. The molecule has 1 atom stereocenters. The highest BCUT2D eigenvalue weighted by Crippen LogP contribution is 2.15. The number of amides is 2. The van der Waals surface area contributed by atoms with E-state index in [9.17, 15) is 18.4 Å². The Morgan fingerprint density at radius 1 is 1.22 bits per heavy atom. The summed E-state index contributed by atoms with van der Waals surface area (Å²) in [7, 11) is 0. The van der Waals surface area contributed by atoms with E-state index in [0.717, 1.165) is 37.6 Å². The van der Waals surface area contributed by atoms with E-state index >= 15 is 0 Å². The van der Waals surface area contributed by atoms with E-state index < -0.39 is 17.7 Å². The maximum Gasteiger partial charge on any atom is 0.239 e. The fourth-order valence-electron chi connectivity index (χ4n) is 3.00. The van der Waals surface area contributed by atoms with Crippen molar-refractivity contribution >= 4 is 11.8 Å². The molecule has 0 aliphatic carbocycles. The van der Waals surface area contributed by atoms with Gasteiger partial charge in [0.1, 0.15) is 0 Å². The van der Waals surface area contributed by atoms with Gasteiger partial charge in [0.25, 0.3) is 0 Å². The number of rotatable bonds is 7. The fraction of sp³-hybridized carbons (Fsp3) is 0.579. The first kappa shape index (κ1) is 21.2. The van der Waals surface area contributed by atoms with Crippen LogP contribution in [0.25, 0.3) is 0 Å². The van der Waals surface area contributed by atoms with Gasteiger partial charge in [-0.05, 0) is 36.5 Å². The van der Waals surface area contributed by atoms with Gasteiger partial charge in [0.2, 0.25) is 11.8 Å². The smallest absolute Gasteiger partial charge is 0.239 e. The van der Waals surface area contributed by atoms with Crippen LogP contribution < -0.4 is 16.4 Å². The average Bonchev–Trinajstić information content (AvgIpc) is 2.63. The standard InChI is InChI=1S/C19H28F2N4O2/c1-12(2)18(22)19(27)23-10-17(26)24-14-5-7-25(8-6-14)11-13-3-4-15(20)16(21)9-13/h3-4,9,12,14,18H,5-8,10-11,22H2,1-2H3,(H,23,27)(H,24,26)/t18-/m0/s1. The van der Waals surface area contributed by atoms with E-state index in [1.54, 1.807) is 6.07 Å². The number of likely N-dealkylation sites (tertiary alicyclic amines) is 1. The highest BCUT2D eigenvalue weighted by Gasteiger charge is 2.22. The lowest BCUT2D eigenvalue weighted by molar-refractivity contribution is -0.127. The number of benzene rings is 1. The minimum atomic E-state index is -0.846. The maximum atomic E-state index is 13.3. The molecule has 0 spiro atoms. The van der Waals surface area contributed by atoms with Gasteiger partial charge in [-0.3, -0.25) is 14.5 Å². The topological polar surface area (TPSA) is 87.5 Å². The second-order valence-electron chi connectivity index (χ2n) is 7.35. The van der Waals surface area contributed by atoms with Gasteiger partial charge in [-0.15, -0.1) is 0 Å². The molecule has 0 saturated carbocycles. The summed E-state index contributed by atoms with van der Waals surface area (Å²) >= 11 is 0. The molecule has 1 aromatic rings. The van der Waals surface area contributed by atoms with Crippen LogP contribution in [0.5, 0.6) is 0 Å². The average molecular weight is 382 g/mol. The van der Waals surface area contributed by atoms with Crippen molar-refractivity contribution in [2.45, 2.75) is 45.3 Å². The van der Waals surface area contributed by atoms with Gasteiger partial charge >= 0.3 is 0 Å². The van der Waals surface area contributed by atoms with Gasteiger partial charge in [-0.2, -0.15) is 0 Å². The van der Waals surface area contributed by atoms with Crippen LogP contribution in [0.4, 0.5) is 8.78 Å². The first-order valence-electron chi connectivity index (χ1n) is 9.25. The van der Waals surface area contributed by atoms with Crippen LogP contribution in [0, 0.1) is 17.6 Å². The van der Waals surface area contributed by atoms with Crippen molar-refractivity contribution in [2.24, 2.45) is 11.7 Å². The number of nitrogens with two attached hydrogens (primary N) is 1. The van der Waals surface area contributed by atoms with E-state index in [-0.39, 0.29) is 30.3 Å². The van der Waals surface area contributed by atoms with E-state index in [4.69, 9.17) is 5.73 Å². The zero-order valence-electron chi connectivity index (χ0n) is 15.8. The largest absolute Gasteiger partial charge is 0.352 e. The second kappa shape index (κ2) is 9.75. The Kier molecular flexibility index (Phi) is 7.67. The molecule has 1 aromatic carbocycles. The van der Waals surface area contributed by atoms with Gasteiger partial charge in [0.15, 0.2) is 11.6 Å². The van der Waals surface area contributed by atoms with E-state index in [0.29, 0.717) is 6.54 Å². The molecule has 1 saturated heterocycles. The lowest BCUT2D eigenvalue weighted by atomic mass is 10.0. The molecule has 0 unspecified atom stereocenters. The van der Waals surface area contributed by atoms with Crippen molar-refractivity contribution in [1.82, 2.24) is 15.5 Å². The zero-order valence-corrected chi connectivity index (χ0v) is 15.8. The van der Waals surface area contributed by atoms with Crippen LogP contribution in [0.3, 0.4) is 0 Å². The van der Waals surface area contributed by atoms with Crippen molar-refractivity contribution in [3.63, 3.8) is 0 Å². The Morgan fingerprint density at radius 3 is 2.48 bits per heavy atom. The first-order valence-corrected chi connectivity index (χ1v) is 9.25. The lowest BCUT2D eigenvalue weighted by Crippen LogP contribution is -2.50. The number of nitrogens with one attached hydrogen (secondary N) is 2. The molecule has 0 aromatic heterocycles. The molecule has 4 N–H and O–H groups in total. The Labute approximate surface area is 158 Å². The van der Waals surface area contributed by atoms with E-state index in [1.165, 1.54) is 6.07 Å². The van der Waals surface area contributed by atoms with Crippen LogP contribution in [0.15, 0.2) is 18.2 Å². The summed E-state index contributed by atoms with van der Waals surface area (Å²) in [4.78, 5) is 25.9. The third-order valence-electron chi connectivity index (χ3n) is 4.79. The van der Waals surface area contributed by atoms with Crippen molar-refractivity contribution in [2.75, 3.05) is 19.6 Å². The van der Waals surface area contributed by atoms with E-state index in [2.05, 4.69) is 15.5 Å². The molecule has 2 rings (SSSR count). The molecule has 0 radical (unpaired) electrons. The van der Waals surface area contributed by atoms with Crippen LogP contribution in [0.1, 0.15) is 32.3 Å². The van der Waals surface area contributed by atoms with Gasteiger partial charge in [-0.1, -0.05) is 19.9 Å². The van der Waals surface area contributed by atoms with Crippen LogP contribution >= 0.6 is 0 Å². The summed E-state index contributed by atoms with van der Waals surface area (Å²) in [5, 5.41) is 5.46. The van der Waals surface area contributed by atoms with Crippen molar-refractivity contribution < 1.29 is 18.4 Å². The number of hydrogen-bond donors (Lipinski definition) is 3. The molecule has 1 heterocycles. The summed E-state index contributed by atoms with van der Waals surface area (Å²) in [6, 6.07) is 3.34. The highest BCUT2D eigenvalue weighted by atomic mass is 19.2.